The third-order valence-corrected chi connectivity index (χ3v) is 6.34. The molecule has 1 aliphatic heterocycles. The molecule has 2 atom stereocenters. The first kappa shape index (κ1) is 23.1. The first-order valence-electron chi connectivity index (χ1n) is 10.5. The van der Waals surface area contributed by atoms with Gasteiger partial charge in [-0.15, -0.1) is 11.8 Å². The van der Waals surface area contributed by atoms with Crippen molar-refractivity contribution in [2.45, 2.75) is 50.8 Å². The van der Waals surface area contributed by atoms with Crippen molar-refractivity contribution in [1.29, 1.82) is 0 Å². The maximum absolute atomic E-state index is 12.6. The number of carbonyl (C=O) groups excluding carboxylic acids is 1. The summed E-state index contributed by atoms with van der Waals surface area (Å²) in [6.07, 6.45) is 1.09. The molecule has 2 aromatic rings. The van der Waals surface area contributed by atoms with Crippen molar-refractivity contribution in [3.8, 4) is 23.0 Å². The lowest BCUT2D eigenvalue weighted by atomic mass is 10.1. The van der Waals surface area contributed by atoms with E-state index in [4.69, 9.17) is 18.9 Å². The van der Waals surface area contributed by atoms with E-state index in [0.717, 1.165) is 29.0 Å². The molecule has 0 aromatic heterocycles. The van der Waals surface area contributed by atoms with Gasteiger partial charge in [-0.25, -0.2) is 0 Å². The zero-order valence-corrected chi connectivity index (χ0v) is 19.6. The van der Waals surface area contributed by atoms with Crippen LogP contribution in [0.3, 0.4) is 0 Å². The lowest BCUT2D eigenvalue weighted by Crippen LogP contribution is -2.30. The Balaban J connectivity index is 1.57. The van der Waals surface area contributed by atoms with Crippen LogP contribution >= 0.6 is 11.8 Å². The zero-order valence-electron chi connectivity index (χ0n) is 18.8. The Morgan fingerprint density at radius 1 is 1.19 bits per heavy atom. The average Bonchev–Trinajstić information content (AvgIpc) is 3.14. The number of hydrogen-bond acceptors (Lipinski definition) is 6. The highest BCUT2D eigenvalue weighted by Crippen LogP contribution is 2.37. The van der Waals surface area contributed by atoms with E-state index in [1.54, 1.807) is 26.0 Å². The summed E-state index contributed by atoms with van der Waals surface area (Å²) in [6, 6.07) is 9.77. The normalized spacial score (nSPS) is 15.6. The second-order valence-corrected chi connectivity index (χ2v) is 8.82. The van der Waals surface area contributed by atoms with Crippen LogP contribution in [0.2, 0.25) is 0 Å². The molecule has 0 bridgehead atoms. The van der Waals surface area contributed by atoms with Crippen LogP contribution in [0.5, 0.6) is 23.0 Å². The average molecular weight is 446 g/mol. The molecule has 1 N–H and O–H groups in total. The van der Waals surface area contributed by atoms with E-state index >= 15 is 0 Å². The number of fused-ring (bicyclic) bond motifs is 1. The van der Waals surface area contributed by atoms with Crippen LogP contribution < -0.4 is 24.3 Å². The number of rotatable bonds is 10. The number of hydrogen-bond donors (Lipinski definition) is 1. The van der Waals surface area contributed by atoms with E-state index in [1.807, 2.05) is 32.0 Å². The molecule has 0 saturated heterocycles. The first-order valence-corrected chi connectivity index (χ1v) is 11.6. The van der Waals surface area contributed by atoms with Gasteiger partial charge in [-0.05, 0) is 50.6 Å². The molecule has 0 radical (unpaired) electrons. The Kier molecular flexibility index (Phi) is 7.96. The van der Waals surface area contributed by atoms with Gasteiger partial charge in [0.15, 0.2) is 11.5 Å². The first-order chi connectivity index (χ1) is 14.9. The molecule has 6 nitrogen and oxygen atoms in total. The Hall–Kier alpha value is -2.54. The van der Waals surface area contributed by atoms with Crippen molar-refractivity contribution in [3.05, 3.63) is 47.0 Å². The van der Waals surface area contributed by atoms with Gasteiger partial charge in [-0.1, -0.05) is 6.07 Å². The van der Waals surface area contributed by atoms with E-state index in [-0.39, 0.29) is 17.3 Å². The van der Waals surface area contributed by atoms with Gasteiger partial charge in [0.25, 0.3) is 0 Å². The molecular formula is C24H31NO5S. The molecule has 1 amide bonds. The third kappa shape index (κ3) is 5.79. The minimum Gasteiger partial charge on any atom is -0.494 e. The maximum atomic E-state index is 12.6. The molecule has 3 rings (SSSR count). The van der Waals surface area contributed by atoms with Crippen molar-refractivity contribution < 1.29 is 23.7 Å². The largest absolute Gasteiger partial charge is 0.494 e. The molecule has 0 aliphatic carbocycles. The summed E-state index contributed by atoms with van der Waals surface area (Å²) in [4.78, 5) is 12.6. The smallest absolute Gasteiger partial charge is 0.233 e. The monoisotopic (exact) mass is 445 g/mol. The van der Waals surface area contributed by atoms with Gasteiger partial charge >= 0.3 is 0 Å². The standard InChI is InChI=1S/C24H31NO5S/c1-6-29-21-11-18-9-15(2)30-22(18)12-19(21)14-31-16(3)24(26)25-13-17-7-8-20(27-4)23(10-17)28-5/h7-8,10-12,15-16H,6,9,13-14H2,1-5H3,(H,25,26)/t15-,16-/m0/s1. The molecule has 168 valence electrons. The van der Waals surface area contributed by atoms with Gasteiger partial charge in [0, 0.05) is 29.8 Å². The highest BCUT2D eigenvalue weighted by molar-refractivity contribution is 7.99. The number of benzene rings is 2. The molecule has 1 aliphatic rings. The van der Waals surface area contributed by atoms with Gasteiger partial charge in [0.05, 0.1) is 26.1 Å². The topological polar surface area (TPSA) is 66.0 Å². The molecule has 1 heterocycles. The summed E-state index contributed by atoms with van der Waals surface area (Å²) in [5.74, 6) is 3.78. The van der Waals surface area contributed by atoms with Gasteiger partial charge in [0.2, 0.25) is 5.91 Å². The zero-order chi connectivity index (χ0) is 22.4. The third-order valence-electron chi connectivity index (χ3n) is 5.15. The fourth-order valence-electron chi connectivity index (χ4n) is 3.50. The number of methoxy groups -OCH3 is 2. The van der Waals surface area contributed by atoms with Crippen LogP contribution in [0.1, 0.15) is 37.5 Å². The Morgan fingerprint density at radius 3 is 2.68 bits per heavy atom. The van der Waals surface area contributed by atoms with Gasteiger partial charge < -0.3 is 24.3 Å². The van der Waals surface area contributed by atoms with Crippen LogP contribution in [-0.2, 0) is 23.5 Å². The second-order valence-electron chi connectivity index (χ2n) is 7.49. The summed E-state index contributed by atoms with van der Waals surface area (Å²) < 4.78 is 22.3. The molecule has 0 unspecified atom stereocenters. The molecule has 0 spiro atoms. The van der Waals surface area contributed by atoms with E-state index in [2.05, 4.69) is 24.4 Å². The van der Waals surface area contributed by atoms with Crippen molar-refractivity contribution in [2.24, 2.45) is 0 Å². The molecule has 2 aromatic carbocycles. The number of amides is 1. The summed E-state index contributed by atoms with van der Waals surface area (Å²) in [5, 5.41) is 2.79. The van der Waals surface area contributed by atoms with E-state index in [1.165, 1.54) is 5.56 Å². The number of thioether (sulfide) groups is 1. The van der Waals surface area contributed by atoms with Crippen molar-refractivity contribution in [2.75, 3.05) is 20.8 Å². The quantitative estimate of drug-likeness (QED) is 0.586. The minimum absolute atomic E-state index is 0.0104. The van der Waals surface area contributed by atoms with Crippen molar-refractivity contribution in [1.82, 2.24) is 5.32 Å². The van der Waals surface area contributed by atoms with Crippen LogP contribution in [0.25, 0.3) is 0 Å². The van der Waals surface area contributed by atoms with E-state index < -0.39 is 0 Å². The van der Waals surface area contributed by atoms with Gasteiger partial charge in [0.1, 0.15) is 17.6 Å². The summed E-state index contributed by atoms with van der Waals surface area (Å²) in [5.41, 5.74) is 3.19. The predicted molar refractivity (Wildman–Crippen MR) is 124 cm³/mol. The summed E-state index contributed by atoms with van der Waals surface area (Å²) in [6.45, 7) is 7.00. The van der Waals surface area contributed by atoms with Crippen LogP contribution in [0, 0.1) is 0 Å². The van der Waals surface area contributed by atoms with Crippen molar-refractivity contribution >= 4 is 17.7 Å². The van der Waals surface area contributed by atoms with E-state index in [0.29, 0.717) is 30.4 Å². The lowest BCUT2D eigenvalue weighted by Gasteiger charge is -2.16. The highest BCUT2D eigenvalue weighted by atomic mass is 32.2. The molecule has 0 saturated carbocycles. The molecule has 0 fully saturated rings. The highest BCUT2D eigenvalue weighted by Gasteiger charge is 2.23. The maximum Gasteiger partial charge on any atom is 0.233 e. The summed E-state index contributed by atoms with van der Waals surface area (Å²) in [7, 11) is 3.20. The molecular weight excluding hydrogens is 414 g/mol. The van der Waals surface area contributed by atoms with Gasteiger partial charge in [-0.2, -0.15) is 0 Å². The van der Waals surface area contributed by atoms with Crippen LogP contribution in [0.15, 0.2) is 30.3 Å². The fraction of sp³-hybridized carbons (Fsp3) is 0.458. The predicted octanol–water partition coefficient (Wildman–Crippen LogP) is 4.36. The van der Waals surface area contributed by atoms with Gasteiger partial charge in [-0.3, -0.25) is 4.79 Å². The van der Waals surface area contributed by atoms with Crippen LogP contribution in [0.4, 0.5) is 0 Å². The Bertz CT molecular complexity index is 917. The number of carbonyl (C=O) groups is 1. The molecule has 31 heavy (non-hydrogen) atoms. The SMILES string of the molecule is CCOc1cc2c(cc1CS[C@@H](C)C(=O)NCc1ccc(OC)c(OC)c1)O[C@@H](C)C2. The fourth-order valence-corrected chi connectivity index (χ4v) is 4.39. The Morgan fingerprint density at radius 2 is 1.97 bits per heavy atom. The Labute approximate surface area is 188 Å². The summed E-state index contributed by atoms with van der Waals surface area (Å²) >= 11 is 1.58. The molecule has 7 heteroatoms. The second kappa shape index (κ2) is 10.7. The number of ether oxygens (including phenoxy) is 4. The lowest BCUT2D eigenvalue weighted by molar-refractivity contribution is -0.120. The number of nitrogens with one attached hydrogen (secondary N) is 1. The van der Waals surface area contributed by atoms with Crippen molar-refractivity contribution in [3.63, 3.8) is 0 Å². The van der Waals surface area contributed by atoms with E-state index in [9.17, 15) is 4.79 Å². The minimum atomic E-state index is -0.206. The van der Waals surface area contributed by atoms with Crippen LogP contribution in [-0.4, -0.2) is 38.1 Å².